The van der Waals surface area contributed by atoms with Crippen molar-refractivity contribution in [2.45, 2.75) is 12.8 Å². The minimum absolute atomic E-state index is 0.0649. The van der Waals surface area contributed by atoms with Gasteiger partial charge in [-0.1, -0.05) is 30.3 Å². The first-order chi connectivity index (χ1) is 18.4. The van der Waals surface area contributed by atoms with E-state index in [9.17, 15) is 19.2 Å². The van der Waals surface area contributed by atoms with Crippen molar-refractivity contribution < 1.29 is 38.1 Å². The van der Waals surface area contributed by atoms with Crippen molar-refractivity contribution in [3.05, 3.63) is 83.9 Å². The van der Waals surface area contributed by atoms with Gasteiger partial charge < -0.3 is 29.6 Å². The van der Waals surface area contributed by atoms with Crippen LogP contribution in [0.15, 0.2) is 72.8 Å². The molecule has 0 heterocycles. The number of methoxy groups -OCH3 is 2. The SMILES string of the molecule is COC(=O)CCOc1ccccc1NC(=O)c1cccc(C(=O)Nc2ccccc2OCCC(=O)OC)c1. The fraction of sp³-hybridized carbons (Fsp3) is 0.214. The molecule has 198 valence electrons. The highest BCUT2D eigenvalue weighted by Crippen LogP contribution is 2.26. The zero-order valence-corrected chi connectivity index (χ0v) is 21.0. The van der Waals surface area contributed by atoms with Crippen molar-refractivity contribution in [2.75, 3.05) is 38.1 Å². The molecule has 0 radical (unpaired) electrons. The maximum Gasteiger partial charge on any atom is 0.308 e. The summed E-state index contributed by atoms with van der Waals surface area (Å²) in [5, 5.41) is 5.54. The minimum atomic E-state index is -0.449. The number of rotatable bonds is 12. The van der Waals surface area contributed by atoms with Gasteiger partial charge in [-0.25, -0.2) is 0 Å². The molecule has 3 aromatic rings. The summed E-state index contributed by atoms with van der Waals surface area (Å²) in [7, 11) is 2.59. The third-order valence-corrected chi connectivity index (χ3v) is 5.24. The van der Waals surface area contributed by atoms with Crippen molar-refractivity contribution in [1.82, 2.24) is 0 Å². The van der Waals surface area contributed by atoms with Gasteiger partial charge in [0, 0.05) is 11.1 Å². The van der Waals surface area contributed by atoms with Gasteiger partial charge in [-0.2, -0.15) is 0 Å². The van der Waals surface area contributed by atoms with Crippen LogP contribution >= 0.6 is 0 Å². The largest absolute Gasteiger partial charge is 0.491 e. The van der Waals surface area contributed by atoms with Crippen LogP contribution in [0.2, 0.25) is 0 Å². The Morgan fingerprint density at radius 3 is 1.45 bits per heavy atom. The average Bonchev–Trinajstić information content (AvgIpc) is 2.94. The van der Waals surface area contributed by atoms with Gasteiger partial charge >= 0.3 is 11.9 Å². The van der Waals surface area contributed by atoms with E-state index in [1.165, 1.54) is 20.3 Å². The molecule has 0 aliphatic carbocycles. The van der Waals surface area contributed by atoms with E-state index in [1.54, 1.807) is 66.7 Å². The van der Waals surface area contributed by atoms with Crippen LogP contribution in [0.4, 0.5) is 11.4 Å². The molecule has 0 unspecified atom stereocenters. The molecular weight excluding hydrogens is 492 g/mol. The van der Waals surface area contributed by atoms with Gasteiger partial charge in [0.05, 0.1) is 51.6 Å². The van der Waals surface area contributed by atoms with Crippen molar-refractivity contribution in [2.24, 2.45) is 0 Å². The van der Waals surface area contributed by atoms with E-state index >= 15 is 0 Å². The van der Waals surface area contributed by atoms with Crippen LogP contribution < -0.4 is 20.1 Å². The van der Waals surface area contributed by atoms with Crippen molar-refractivity contribution >= 4 is 35.1 Å². The number of nitrogens with one attached hydrogen (secondary N) is 2. The van der Waals surface area contributed by atoms with E-state index in [2.05, 4.69) is 20.1 Å². The molecule has 0 aromatic heterocycles. The van der Waals surface area contributed by atoms with E-state index < -0.39 is 23.8 Å². The second-order valence-electron chi connectivity index (χ2n) is 7.83. The summed E-state index contributed by atoms with van der Waals surface area (Å²) < 4.78 is 20.4. The first-order valence-electron chi connectivity index (χ1n) is 11.7. The first kappa shape index (κ1) is 27.7. The van der Waals surface area contributed by atoms with Gasteiger partial charge in [-0.3, -0.25) is 19.2 Å². The molecule has 2 amide bonds. The fourth-order valence-electron chi connectivity index (χ4n) is 3.27. The highest BCUT2D eigenvalue weighted by molar-refractivity contribution is 6.09. The molecule has 0 saturated heterocycles. The van der Waals surface area contributed by atoms with Crippen molar-refractivity contribution in [1.29, 1.82) is 0 Å². The lowest BCUT2D eigenvalue weighted by atomic mass is 10.1. The molecule has 0 aliphatic rings. The maximum absolute atomic E-state index is 12.9. The lowest BCUT2D eigenvalue weighted by Gasteiger charge is -2.13. The summed E-state index contributed by atoms with van der Waals surface area (Å²) in [4.78, 5) is 48.5. The first-order valence-corrected chi connectivity index (χ1v) is 11.7. The van der Waals surface area contributed by atoms with Crippen LogP contribution in [0.1, 0.15) is 33.6 Å². The molecular formula is C28H28N2O8. The molecule has 2 N–H and O–H groups in total. The van der Waals surface area contributed by atoms with Crippen LogP contribution in [0.5, 0.6) is 11.5 Å². The molecule has 0 bridgehead atoms. The lowest BCUT2D eigenvalue weighted by Crippen LogP contribution is -2.17. The van der Waals surface area contributed by atoms with Crippen LogP contribution in [0.3, 0.4) is 0 Å². The number of anilines is 2. The molecule has 3 aromatic carbocycles. The third kappa shape index (κ3) is 8.09. The lowest BCUT2D eigenvalue weighted by molar-refractivity contribution is -0.142. The van der Waals surface area contributed by atoms with Gasteiger partial charge in [0.1, 0.15) is 11.5 Å². The Labute approximate surface area is 219 Å². The summed E-state index contributed by atoms with van der Waals surface area (Å²) in [6, 6.07) is 19.8. The molecule has 10 heteroatoms. The van der Waals surface area contributed by atoms with Gasteiger partial charge in [0.15, 0.2) is 0 Å². The normalized spacial score (nSPS) is 10.2. The third-order valence-electron chi connectivity index (χ3n) is 5.24. The summed E-state index contributed by atoms with van der Waals surface area (Å²) in [5.74, 6) is -0.927. The monoisotopic (exact) mass is 520 g/mol. The van der Waals surface area contributed by atoms with E-state index in [0.29, 0.717) is 22.9 Å². The number of ether oxygens (including phenoxy) is 4. The van der Waals surface area contributed by atoms with Gasteiger partial charge in [-0.15, -0.1) is 0 Å². The molecule has 0 fully saturated rings. The van der Waals surface area contributed by atoms with E-state index in [4.69, 9.17) is 9.47 Å². The summed E-state index contributed by atoms with van der Waals surface area (Å²) in [6.45, 7) is 0.173. The van der Waals surface area contributed by atoms with Crippen LogP contribution in [-0.4, -0.2) is 51.2 Å². The van der Waals surface area contributed by atoms with Crippen molar-refractivity contribution in [3.63, 3.8) is 0 Å². The fourth-order valence-corrected chi connectivity index (χ4v) is 3.27. The Bertz CT molecular complexity index is 1200. The van der Waals surface area contributed by atoms with Crippen LogP contribution in [0, 0.1) is 0 Å². The number of esters is 2. The van der Waals surface area contributed by atoms with E-state index in [-0.39, 0.29) is 37.2 Å². The molecule has 0 atom stereocenters. The van der Waals surface area contributed by atoms with E-state index in [1.807, 2.05) is 0 Å². The van der Waals surface area contributed by atoms with Crippen LogP contribution in [0.25, 0.3) is 0 Å². The minimum Gasteiger partial charge on any atom is -0.491 e. The summed E-state index contributed by atoms with van der Waals surface area (Å²) >= 11 is 0. The zero-order chi connectivity index (χ0) is 27.3. The number of hydrogen-bond donors (Lipinski definition) is 2. The number of para-hydroxylation sites is 4. The Hall–Kier alpha value is -4.86. The standard InChI is InChI=1S/C28H28N2O8/c1-35-25(31)14-16-37-23-12-5-3-10-21(23)29-27(33)19-8-7-9-20(18-19)28(34)30-22-11-4-6-13-24(22)38-17-15-26(32)36-2/h3-13,18H,14-17H2,1-2H3,(H,29,33)(H,30,34). The molecule has 0 spiro atoms. The number of amides is 2. The Morgan fingerprint density at radius 2 is 1.03 bits per heavy atom. The highest BCUT2D eigenvalue weighted by atomic mass is 16.5. The van der Waals surface area contributed by atoms with E-state index in [0.717, 1.165) is 0 Å². The average molecular weight is 521 g/mol. The molecule has 0 aliphatic heterocycles. The zero-order valence-electron chi connectivity index (χ0n) is 21.0. The quantitative estimate of drug-likeness (QED) is 0.342. The summed E-state index contributed by atoms with van der Waals surface area (Å²) in [5.41, 5.74) is 1.33. The molecule has 38 heavy (non-hydrogen) atoms. The second kappa shape index (κ2) is 14.0. The smallest absolute Gasteiger partial charge is 0.308 e. The summed E-state index contributed by atoms with van der Waals surface area (Å²) in [6.07, 6.45) is 0.130. The Morgan fingerprint density at radius 1 is 0.605 bits per heavy atom. The number of benzene rings is 3. The molecule has 3 rings (SSSR count). The van der Waals surface area contributed by atoms with Crippen molar-refractivity contribution in [3.8, 4) is 11.5 Å². The Kier molecular flexibility index (Phi) is 10.2. The van der Waals surface area contributed by atoms with Gasteiger partial charge in [0.2, 0.25) is 0 Å². The highest BCUT2D eigenvalue weighted by Gasteiger charge is 2.15. The predicted octanol–water partition coefficient (Wildman–Crippen LogP) is 4.08. The van der Waals surface area contributed by atoms with Crippen LogP contribution in [-0.2, 0) is 19.1 Å². The number of carbonyl (C=O) groups is 4. The topological polar surface area (TPSA) is 129 Å². The Balaban J connectivity index is 1.66. The molecule has 0 saturated carbocycles. The predicted molar refractivity (Wildman–Crippen MR) is 139 cm³/mol. The number of carbonyl (C=O) groups excluding carboxylic acids is 4. The van der Waals surface area contributed by atoms with Gasteiger partial charge in [0.25, 0.3) is 11.8 Å². The van der Waals surface area contributed by atoms with Gasteiger partial charge in [-0.05, 0) is 42.5 Å². The molecule has 10 nitrogen and oxygen atoms in total. The number of hydrogen-bond acceptors (Lipinski definition) is 8. The maximum atomic E-state index is 12.9. The second-order valence-corrected chi connectivity index (χ2v) is 7.83.